The number of nitriles is 1. The summed E-state index contributed by atoms with van der Waals surface area (Å²) in [7, 11) is -3.08. The second-order valence-corrected chi connectivity index (χ2v) is 6.30. The van der Waals surface area contributed by atoms with Gasteiger partial charge in [-0.1, -0.05) is 0 Å². The van der Waals surface area contributed by atoms with Crippen LogP contribution in [0.5, 0.6) is 0 Å². The Kier molecular flexibility index (Phi) is 3.38. The molecule has 1 aliphatic heterocycles. The van der Waals surface area contributed by atoms with Crippen LogP contribution in [-0.2, 0) is 10.0 Å². The second kappa shape index (κ2) is 4.08. The molecule has 1 aliphatic rings. The van der Waals surface area contributed by atoms with Gasteiger partial charge in [0.1, 0.15) is 5.54 Å². The van der Waals surface area contributed by atoms with Gasteiger partial charge in [-0.15, -0.1) is 0 Å². The summed E-state index contributed by atoms with van der Waals surface area (Å²) in [6, 6.07) is 2.22. The highest BCUT2D eigenvalue weighted by Gasteiger charge is 2.31. The van der Waals surface area contributed by atoms with Crippen molar-refractivity contribution in [2.75, 3.05) is 32.4 Å². The van der Waals surface area contributed by atoms with Crippen LogP contribution in [0.15, 0.2) is 0 Å². The number of hydrogen-bond donors (Lipinski definition) is 0. The van der Waals surface area contributed by atoms with E-state index in [1.54, 1.807) is 0 Å². The molecular weight excluding hydrogens is 214 g/mol. The zero-order valence-corrected chi connectivity index (χ0v) is 10.2. The maximum absolute atomic E-state index is 11.3. The Hall–Kier alpha value is -0.640. The largest absolute Gasteiger partial charge is 0.283 e. The summed E-state index contributed by atoms with van der Waals surface area (Å²) in [6.45, 7) is 5.89. The van der Waals surface area contributed by atoms with Gasteiger partial charge in [-0.3, -0.25) is 4.90 Å². The number of sulfonamides is 1. The SMILES string of the molecule is CC(C)(C#N)N1CCN(S(C)(=O)=O)CC1. The highest BCUT2D eigenvalue weighted by Crippen LogP contribution is 2.16. The van der Waals surface area contributed by atoms with Gasteiger partial charge in [0.15, 0.2) is 0 Å². The minimum absolute atomic E-state index is 0.476. The van der Waals surface area contributed by atoms with Crippen molar-refractivity contribution in [1.82, 2.24) is 9.21 Å². The quantitative estimate of drug-likeness (QED) is 0.664. The van der Waals surface area contributed by atoms with Gasteiger partial charge in [0.2, 0.25) is 10.0 Å². The summed E-state index contributed by atoms with van der Waals surface area (Å²) >= 11 is 0. The van der Waals surface area contributed by atoms with E-state index in [2.05, 4.69) is 6.07 Å². The Bertz CT molecular complexity index is 361. The van der Waals surface area contributed by atoms with Crippen LogP contribution in [0, 0.1) is 11.3 Å². The Balaban J connectivity index is 2.62. The molecule has 0 aromatic heterocycles. The van der Waals surface area contributed by atoms with Crippen molar-refractivity contribution >= 4 is 10.0 Å². The third-order valence-corrected chi connectivity index (χ3v) is 4.08. The van der Waals surface area contributed by atoms with Crippen molar-refractivity contribution in [2.45, 2.75) is 19.4 Å². The molecule has 5 nitrogen and oxygen atoms in total. The van der Waals surface area contributed by atoms with Crippen LogP contribution in [0.25, 0.3) is 0 Å². The third-order valence-electron chi connectivity index (χ3n) is 2.77. The lowest BCUT2D eigenvalue weighted by Gasteiger charge is -2.39. The molecule has 0 spiro atoms. The first-order valence-corrected chi connectivity index (χ1v) is 6.73. The Labute approximate surface area is 91.3 Å². The second-order valence-electron chi connectivity index (χ2n) is 4.32. The van der Waals surface area contributed by atoms with Gasteiger partial charge in [0.05, 0.1) is 12.3 Å². The Morgan fingerprint density at radius 3 is 2.00 bits per heavy atom. The third kappa shape index (κ3) is 2.91. The fourth-order valence-electron chi connectivity index (χ4n) is 1.65. The van der Waals surface area contributed by atoms with Gasteiger partial charge in [-0.2, -0.15) is 9.57 Å². The van der Waals surface area contributed by atoms with E-state index in [1.165, 1.54) is 10.6 Å². The van der Waals surface area contributed by atoms with Gasteiger partial charge in [0, 0.05) is 26.2 Å². The molecule has 0 bridgehead atoms. The molecule has 0 aromatic carbocycles. The predicted octanol–water partition coefficient (Wildman–Crippen LogP) is -0.134. The molecule has 0 aliphatic carbocycles. The molecule has 6 heteroatoms. The van der Waals surface area contributed by atoms with Crippen LogP contribution in [0.1, 0.15) is 13.8 Å². The first-order valence-electron chi connectivity index (χ1n) is 4.89. The fourth-order valence-corrected chi connectivity index (χ4v) is 2.48. The number of hydrogen-bond acceptors (Lipinski definition) is 4. The summed E-state index contributed by atoms with van der Waals surface area (Å²) in [5.74, 6) is 0. The zero-order chi connectivity index (χ0) is 11.7. The maximum Gasteiger partial charge on any atom is 0.211 e. The first kappa shape index (κ1) is 12.4. The van der Waals surface area contributed by atoms with Crippen molar-refractivity contribution in [3.8, 4) is 6.07 Å². The van der Waals surface area contributed by atoms with Gasteiger partial charge in [-0.05, 0) is 13.8 Å². The van der Waals surface area contributed by atoms with Crippen LogP contribution in [0.2, 0.25) is 0 Å². The lowest BCUT2D eigenvalue weighted by Crippen LogP contribution is -2.55. The molecule has 0 radical (unpaired) electrons. The van der Waals surface area contributed by atoms with Gasteiger partial charge in [0.25, 0.3) is 0 Å². The summed E-state index contributed by atoms with van der Waals surface area (Å²) in [5.41, 5.74) is -0.510. The highest BCUT2D eigenvalue weighted by molar-refractivity contribution is 7.88. The van der Waals surface area contributed by atoms with Gasteiger partial charge >= 0.3 is 0 Å². The number of rotatable bonds is 2. The maximum atomic E-state index is 11.3. The van der Waals surface area contributed by atoms with E-state index in [4.69, 9.17) is 5.26 Å². The van der Waals surface area contributed by atoms with Gasteiger partial charge < -0.3 is 0 Å². The molecule has 1 saturated heterocycles. The molecule has 0 saturated carbocycles. The van der Waals surface area contributed by atoms with Crippen molar-refractivity contribution in [3.63, 3.8) is 0 Å². The smallest absolute Gasteiger partial charge is 0.211 e. The molecule has 0 aromatic rings. The topological polar surface area (TPSA) is 64.4 Å². The molecule has 0 N–H and O–H groups in total. The molecule has 0 atom stereocenters. The van der Waals surface area contributed by atoms with Crippen molar-refractivity contribution in [3.05, 3.63) is 0 Å². The molecule has 15 heavy (non-hydrogen) atoms. The van der Waals surface area contributed by atoms with E-state index in [0.29, 0.717) is 26.2 Å². The Morgan fingerprint density at radius 2 is 1.67 bits per heavy atom. The van der Waals surface area contributed by atoms with Crippen LogP contribution < -0.4 is 0 Å². The average molecular weight is 231 g/mol. The highest BCUT2D eigenvalue weighted by atomic mass is 32.2. The number of nitrogens with zero attached hydrogens (tertiary/aromatic N) is 3. The molecule has 0 unspecified atom stereocenters. The lowest BCUT2D eigenvalue weighted by atomic mass is 10.0. The average Bonchev–Trinajstić information content (AvgIpc) is 2.17. The lowest BCUT2D eigenvalue weighted by molar-refractivity contribution is 0.116. The van der Waals surface area contributed by atoms with Crippen molar-refractivity contribution in [2.24, 2.45) is 0 Å². The van der Waals surface area contributed by atoms with Crippen LogP contribution >= 0.6 is 0 Å². The molecular formula is C9H17N3O2S. The molecule has 0 amide bonds. The van der Waals surface area contributed by atoms with E-state index in [1.807, 2.05) is 18.7 Å². The molecule has 1 fully saturated rings. The minimum Gasteiger partial charge on any atom is -0.283 e. The van der Waals surface area contributed by atoms with E-state index < -0.39 is 15.6 Å². The van der Waals surface area contributed by atoms with Crippen molar-refractivity contribution < 1.29 is 8.42 Å². The van der Waals surface area contributed by atoms with Crippen LogP contribution in [0.4, 0.5) is 0 Å². The predicted molar refractivity (Wildman–Crippen MR) is 57.7 cm³/mol. The van der Waals surface area contributed by atoms with Crippen molar-refractivity contribution in [1.29, 1.82) is 5.26 Å². The standard InChI is InChI=1S/C9H17N3O2S/c1-9(2,8-10)11-4-6-12(7-5-11)15(3,13)14/h4-7H2,1-3H3. The Morgan fingerprint density at radius 1 is 1.20 bits per heavy atom. The summed E-state index contributed by atoms with van der Waals surface area (Å²) in [6.07, 6.45) is 1.22. The number of piperazine rings is 1. The van der Waals surface area contributed by atoms with Crippen LogP contribution in [-0.4, -0.2) is 55.6 Å². The zero-order valence-electron chi connectivity index (χ0n) is 9.39. The van der Waals surface area contributed by atoms with E-state index in [9.17, 15) is 8.42 Å². The van der Waals surface area contributed by atoms with Crippen LogP contribution in [0.3, 0.4) is 0 Å². The van der Waals surface area contributed by atoms with E-state index in [-0.39, 0.29) is 0 Å². The first-order chi connectivity index (χ1) is 6.77. The normalized spacial score (nSPS) is 21.2. The fraction of sp³-hybridized carbons (Fsp3) is 0.889. The summed E-state index contributed by atoms with van der Waals surface area (Å²) in [5, 5.41) is 8.95. The van der Waals surface area contributed by atoms with E-state index >= 15 is 0 Å². The molecule has 1 heterocycles. The van der Waals surface area contributed by atoms with E-state index in [0.717, 1.165) is 0 Å². The minimum atomic E-state index is -3.08. The summed E-state index contributed by atoms with van der Waals surface area (Å²) < 4.78 is 24.0. The summed E-state index contributed by atoms with van der Waals surface area (Å²) in [4.78, 5) is 2.01. The molecule has 86 valence electrons. The van der Waals surface area contributed by atoms with Gasteiger partial charge in [-0.25, -0.2) is 8.42 Å². The molecule has 1 rings (SSSR count). The monoisotopic (exact) mass is 231 g/mol.